The lowest BCUT2D eigenvalue weighted by Gasteiger charge is -2.43. The van der Waals surface area contributed by atoms with Crippen LogP contribution in [0.25, 0.3) is 0 Å². The molecule has 0 radical (unpaired) electrons. The lowest BCUT2D eigenvalue weighted by atomic mass is 9.87. The number of hydrogen-bond acceptors (Lipinski definition) is 4. The van der Waals surface area contributed by atoms with Gasteiger partial charge in [-0.1, -0.05) is 0 Å². The van der Waals surface area contributed by atoms with Crippen molar-refractivity contribution in [3.8, 4) is 0 Å². The number of alkyl halides is 3. The molecule has 5 atom stereocenters. The Labute approximate surface area is 146 Å². The molecule has 132 valence electrons. The highest BCUT2D eigenvalue weighted by molar-refractivity contribution is 6.31. The summed E-state index contributed by atoms with van der Waals surface area (Å²) >= 11 is 12.6. The molecule has 0 spiro atoms. The van der Waals surface area contributed by atoms with Gasteiger partial charge in [-0.15, -0.1) is 23.2 Å². The van der Waals surface area contributed by atoms with E-state index in [9.17, 15) is 9.18 Å². The number of halogens is 3. The molecule has 2 saturated heterocycles. The maximum Gasteiger partial charge on any atom is 0.253 e. The zero-order valence-corrected chi connectivity index (χ0v) is 14.7. The van der Waals surface area contributed by atoms with Crippen LogP contribution in [0.5, 0.6) is 0 Å². The molecule has 1 saturated carbocycles. The van der Waals surface area contributed by atoms with Gasteiger partial charge in [-0.05, 0) is 25.2 Å². The van der Waals surface area contributed by atoms with Crippen molar-refractivity contribution in [2.75, 3.05) is 39.3 Å². The van der Waals surface area contributed by atoms with Gasteiger partial charge in [0.15, 0.2) is 0 Å². The Kier molecular flexibility index (Phi) is 6.02. The molecule has 1 aliphatic carbocycles. The molecule has 2 aliphatic heterocycles. The molecule has 3 aliphatic rings. The van der Waals surface area contributed by atoms with Crippen LogP contribution in [0.2, 0.25) is 0 Å². The van der Waals surface area contributed by atoms with Crippen LogP contribution in [0.4, 0.5) is 4.39 Å². The number of piperazine rings is 1. The molecular weight excluding hydrogens is 342 g/mol. The van der Waals surface area contributed by atoms with E-state index in [0.29, 0.717) is 25.3 Å². The highest BCUT2D eigenvalue weighted by Crippen LogP contribution is 2.31. The second kappa shape index (κ2) is 7.83. The van der Waals surface area contributed by atoms with Crippen molar-refractivity contribution in [1.29, 1.82) is 0 Å². The van der Waals surface area contributed by atoms with Crippen LogP contribution in [0.15, 0.2) is 0 Å². The van der Waals surface area contributed by atoms with Crippen molar-refractivity contribution < 1.29 is 9.18 Å². The summed E-state index contributed by atoms with van der Waals surface area (Å²) in [5.74, 6) is 0.233. The van der Waals surface area contributed by atoms with E-state index in [1.165, 1.54) is 0 Å². The average Bonchev–Trinajstić information content (AvgIpc) is 2.54. The SMILES string of the molecule is O=C1NNCC(N2CCN(CC3CCC(F)CC3Cl)CC2)C1Cl. The van der Waals surface area contributed by atoms with Gasteiger partial charge >= 0.3 is 0 Å². The van der Waals surface area contributed by atoms with Gasteiger partial charge in [-0.2, -0.15) is 0 Å². The second-order valence-electron chi connectivity index (χ2n) is 6.86. The van der Waals surface area contributed by atoms with Crippen molar-refractivity contribution >= 4 is 29.1 Å². The summed E-state index contributed by atoms with van der Waals surface area (Å²) in [4.78, 5) is 16.3. The van der Waals surface area contributed by atoms with Crippen LogP contribution < -0.4 is 10.9 Å². The zero-order chi connectivity index (χ0) is 16.4. The number of carbonyl (C=O) groups is 1. The quantitative estimate of drug-likeness (QED) is 0.730. The van der Waals surface area contributed by atoms with Gasteiger partial charge in [0, 0.05) is 50.7 Å². The highest BCUT2D eigenvalue weighted by atomic mass is 35.5. The van der Waals surface area contributed by atoms with Gasteiger partial charge in [-0.25, -0.2) is 9.82 Å². The summed E-state index contributed by atoms with van der Waals surface area (Å²) in [6.07, 6.45) is 1.29. The topological polar surface area (TPSA) is 47.6 Å². The summed E-state index contributed by atoms with van der Waals surface area (Å²) in [5, 5.41) is -0.551. The predicted octanol–water partition coefficient (Wildman–Crippen LogP) is 0.960. The van der Waals surface area contributed by atoms with E-state index in [1.807, 2.05) is 0 Å². The summed E-state index contributed by atoms with van der Waals surface area (Å²) in [7, 11) is 0. The minimum absolute atomic E-state index is 0.0373. The Hall–Kier alpha value is -0.140. The maximum absolute atomic E-state index is 13.4. The summed E-state index contributed by atoms with van der Waals surface area (Å²) in [6, 6.07) is 0.0373. The Morgan fingerprint density at radius 2 is 1.91 bits per heavy atom. The van der Waals surface area contributed by atoms with Crippen molar-refractivity contribution in [2.24, 2.45) is 5.92 Å². The second-order valence-corrected chi connectivity index (χ2v) is 7.89. The van der Waals surface area contributed by atoms with Gasteiger partial charge in [0.05, 0.1) is 0 Å². The molecular formula is C15H25Cl2FN4O. The van der Waals surface area contributed by atoms with E-state index in [2.05, 4.69) is 20.7 Å². The van der Waals surface area contributed by atoms with Crippen molar-refractivity contribution in [1.82, 2.24) is 20.7 Å². The number of hydrogen-bond donors (Lipinski definition) is 2. The number of hydrazine groups is 1. The molecule has 8 heteroatoms. The number of nitrogens with zero attached hydrogens (tertiary/aromatic N) is 2. The lowest BCUT2D eigenvalue weighted by molar-refractivity contribution is -0.125. The number of rotatable bonds is 3. The fraction of sp³-hybridized carbons (Fsp3) is 0.933. The van der Waals surface area contributed by atoms with Gasteiger partial charge in [0.25, 0.3) is 5.91 Å². The standard InChI is InChI=1S/C15H25Cl2FN4O/c16-12-7-11(18)2-1-10(12)9-21-3-5-22(6-4-21)13-8-19-20-15(23)14(13)17/h10-14,19H,1-9H2,(H,20,23). The van der Waals surface area contributed by atoms with Crippen LogP contribution in [-0.2, 0) is 4.79 Å². The van der Waals surface area contributed by atoms with Crippen molar-refractivity contribution in [2.45, 2.75) is 42.2 Å². The predicted molar refractivity (Wildman–Crippen MR) is 89.5 cm³/mol. The molecule has 3 rings (SSSR count). The van der Waals surface area contributed by atoms with Crippen LogP contribution in [0.1, 0.15) is 19.3 Å². The molecule has 1 amide bonds. The van der Waals surface area contributed by atoms with E-state index >= 15 is 0 Å². The van der Waals surface area contributed by atoms with Gasteiger partial charge in [0.1, 0.15) is 11.5 Å². The third kappa shape index (κ3) is 4.28. The first-order valence-electron chi connectivity index (χ1n) is 8.46. The third-order valence-corrected chi connectivity index (χ3v) is 6.35. The minimum atomic E-state index is -0.726. The molecule has 3 fully saturated rings. The molecule has 5 unspecified atom stereocenters. The number of carbonyl (C=O) groups excluding carboxylic acids is 1. The average molecular weight is 367 g/mol. The van der Waals surface area contributed by atoms with Crippen LogP contribution in [-0.4, -0.2) is 77.9 Å². The summed E-state index contributed by atoms with van der Waals surface area (Å²) < 4.78 is 13.4. The largest absolute Gasteiger partial charge is 0.300 e. The molecule has 0 aromatic heterocycles. The van der Waals surface area contributed by atoms with E-state index in [-0.39, 0.29) is 17.3 Å². The Morgan fingerprint density at radius 1 is 1.17 bits per heavy atom. The van der Waals surface area contributed by atoms with E-state index in [4.69, 9.17) is 23.2 Å². The summed E-state index contributed by atoms with van der Waals surface area (Å²) in [6.45, 7) is 5.30. The molecule has 23 heavy (non-hydrogen) atoms. The van der Waals surface area contributed by atoms with Gasteiger partial charge in [-0.3, -0.25) is 15.1 Å². The fourth-order valence-corrected chi connectivity index (χ4v) is 4.55. The third-order valence-electron chi connectivity index (χ3n) is 5.32. The molecule has 2 heterocycles. The Bertz CT molecular complexity index is 422. The monoisotopic (exact) mass is 366 g/mol. The van der Waals surface area contributed by atoms with E-state index < -0.39 is 11.5 Å². The molecule has 5 nitrogen and oxygen atoms in total. The molecule has 0 bridgehead atoms. The first-order chi connectivity index (χ1) is 11.0. The van der Waals surface area contributed by atoms with Gasteiger partial charge < -0.3 is 4.90 Å². The first kappa shape index (κ1) is 17.7. The van der Waals surface area contributed by atoms with E-state index in [0.717, 1.165) is 39.1 Å². The first-order valence-corrected chi connectivity index (χ1v) is 9.33. The normalized spacial score (nSPS) is 40.8. The van der Waals surface area contributed by atoms with Crippen LogP contribution in [0.3, 0.4) is 0 Å². The Morgan fingerprint density at radius 3 is 2.61 bits per heavy atom. The maximum atomic E-state index is 13.4. The number of nitrogens with one attached hydrogen (secondary N) is 2. The summed E-state index contributed by atoms with van der Waals surface area (Å²) in [5.41, 5.74) is 5.48. The Balaban J connectivity index is 1.46. The molecule has 0 aromatic carbocycles. The van der Waals surface area contributed by atoms with E-state index in [1.54, 1.807) is 0 Å². The van der Waals surface area contributed by atoms with Crippen molar-refractivity contribution in [3.05, 3.63) is 0 Å². The highest BCUT2D eigenvalue weighted by Gasteiger charge is 2.36. The lowest BCUT2D eigenvalue weighted by Crippen LogP contribution is -2.64. The zero-order valence-electron chi connectivity index (χ0n) is 13.2. The minimum Gasteiger partial charge on any atom is -0.300 e. The molecule has 2 N–H and O–H groups in total. The van der Waals surface area contributed by atoms with Crippen LogP contribution in [0, 0.1) is 5.92 Å². The van der Waals surface area contributed by atoms with Gasteiger partial charge in [0.2, 0.25) is 0 Å². The molecule has 0 aromatic rings. The number of amides is 1. The fourth-order valence-electron chi connectivity index (χ4n) is 3.85. The van der Waals surface area contributed by atoms with Crippen molar-refractivity contribution in [3.63, 3.8) is 0 Å². The van der Waals surface area contributed by atoms with Crippen LogP contribution >= 0.6 is 23.2 Å². The smallest absolute Gasteiger partial charge is 0.253 e.